The van der Waals surface area contributed by atoms with Crippen LogP contribution in [0.5, 0.6) is 0 Å². The Morgan fingerprint density at radius 2 is 2.10 bits per heavy atom. The van der Waals surface area contributed by atoms with E-state index in [1.807, 2.05) is 13.8 Å². The Kier molecular flexibility index (Phi) is 5.18. The van der Waals surface area contributed by atoms with Crippen molar-refractivity contribution >= 4 is 17.6 Å². The number of hydrogen-bond donors (Lipinski definition) is 4. The molecule has 1 aromatic rings. The summed E-state index contributed by atoms with van der Waals surface area (Å²) in [6, 6.07) is 0. The lowest BCUT2D eigenvalue weighted by molar-refractivity contribution is 0.161. The number of aromatic amines is 1. The van der Waals surface area contributed by atoms with Crippen LogP contribution in [0.4, 0.5) is 16.3 Å². The minimum atomic E-state index is -0.904. The van der Waals surface area contributed by atoms with Crippen molar-refractivity contribution in [2.75, 3.05) is 24.2 Å². The molecule has 6 N–H and O–H groups in total. The van der Waals surface area contributed by atoms with Crippen molar-refractivity contribution in [2.24, 2.45) is 11.7 Å². The molecule has 20 heavy (non-hydrogen) atoms. The molecule has 9 heteroatoms. The number of amides is 1. The minimum Gasteiger partial charge on any atom is -0.448 e. The molecular formula is C11H19N5O4. The van der Waals surface area contributed by atoms with E-state index in [0.29, 0.717) is 6.54 Å². The fourth-order valence-electron chi connectivity index (χ4n) is 1.63. The molecule has 1 heterocycles. The second-order valence-electron chi connectivity index (χ2n) is 4.62. The van der Waals surface area contributed by atoms with Gasteiger partial charge in [0.05, 0.1) is 0 Å². The third kappa shape index (κ3) is 4.04. The Balaban J connectivity index is 2.93. The first kappa shape index (κ1) is 15.6. The number of primary amides is 1. The summed E-state index contributed by atoms with van der Waals surface area (Å²) in [5.41, 5.74) is 9.52. The molecule has 112 valence electrons. The maximum absolute atomic E-state index is 11.7. The minimum absolute atomic E-state index is 0.0163. The number of rotatable bonds is 6. The molecule has 0 aliphatic carbocycles. The van der Waals surface area contributed by atoms with Gasteiger partial charge < -0.3 is 21.5 Å². The van der Waals surface area contributed by atoms with E-state index in [1.54, 1.807) is 0 Å². The zero-order chi connectivity index (χ0) is 15.3. The zero-order valence-corrected chi connectivity index (χ0v) is 11.4. The summed E-state index contributed by atoms with van der Waals surface area (Å²) in [4.78, 5) is 35.9. The Labute approximate surface area is 114 Å². The monoisotopic (exact) mass is 285 g/mol. The molecule has 0 aliphatic heterocycles. The molecule has 1 rings (SSSR count). The molecule has 0 fully saturated rings. The van der Waals surface area contributed by atoms with Gasteiger partial charge in [-0.3, -0.25) is 14.3 Å². The van der Waals surface area contributed by atoms with E-state index in [-0.39, 0.29) is 30.6 Å². The first-order valence-electron chi connectivity index (χ1n) is 6.11. The van der Waals surface area contributed by atoms with Gasteiger partial charge in [0.25, 0.3) is 5.56 Å². The summed E-state index contributed by atoms with van der Waals surface area (Å²) in [5.74, 6) is 0.235. The molecule has 0 saturated carbocycles. The second kappa shape index (κ2) is 6.64. The molecule has 0 unspecified atom stereocenters. The zero-order valence-electron chi connectivity index (χ0n) is 11.4. The first-order valence-corrected chi connectivity index (χ1v) is 6.11. The highest BCUT2D eigenvalue weighted by molar-refractivity contribution is 5.64. The van der Waals surface area contributed by atoms with Crippen molar-refractivity contribution in [1.29, 1.82) is 0 Å². The van der Waals surface area contributed by atoms with Gasteiger partial charge in [-0.2, -0.15) is 0 Å². The van der Waals surface area contributed by atoms with E-state index in [4.69, 9.17) is 11.5 Å². The van der Waals surface area contributed by atoms with Crippen molar-refractivity contribution in [2.45, 2.75) is 20.4 Å². The Bertz CT molecular complexity index is 589. The van der Waals surface area contributed by atoms with Gasteiger partial charge in [-0.15, -0.1) is 0 Å². The van der Waals surface area contributed by atoms with Crippen LogP contribution >= 0.6 is 0 Å². The maximum atomic E-state index is 11.7. The van der Waals surface area contributed by atoms with Gasteiger partial charge in [0.15, 0.2) is 0 Å². The van der Waals surface area contributed by atoms with Gasteiger partial charge in [0, 0.05) is 13.1 Å². The standard InChI is InChI=1S/C11H19N5O4/c1-6(2)5-16-8(12)7(9(17)15-11(16)19)14-3-4-20-10(13)18/h6,14H,3-5,12H2,1-2H3,(H2,13,18)(H,15,17,19). The molecule has 0 spiro atoms. The number of nitrogen functional groups attached to an aromatic ring is 1. The average Bonchev–Trinajstić information content (AvgIpc) is 2.32. The summed E-state index contributed by atoms with van der Waals surface area (Å²) in [6.07, 6.45) is -0.904. The Morgan fingerprint density at radius 1 is 1.45 bits per heavy atom. The average molecular weight is 285 g/mol. The van der Waals surface area contributed by atoms with Gasteiger partial charge in [-0.25, -0.2) is 9.59 Å². The maximum Gasteiger partial charge on any atom is 0.404 e. The molecular weight excluding hydrogens is 266 g/mol. The number of ether oxygens (including phenoxy) is 1. The molecule has 1 amide bonds. The molecule has 0 saturated heterocycles. The molecule has 0 radical (unpaired) electrons. The van der Waals surface area contributed by atoms with E-state index in [2.05, 4.69) is 15.0 Å². The second-order valence-corrected chi connectivity index (χ2v) is 4.62. The quantitative estimate of drug-likeness (QED) is 0.507. The number of nitrogens with two attached hydrogens (primary N) is 2. The fraction of sp³-hybridized carbons (Fsp3) is 0.545. The highest BCUT2D eigenvalue weighted by atomic mass is 16.5. The molecule has 0 atom stereocenters. The first-order chi connectivity index (χ1) is 9.32. The molecule has 0 aliphatic rings. The van der Waals surface area contributed by atoms with Crippen LogP contribution in [0, 0.1) is 5.92 Å². The van der Waals surface area contributed by atoms with E-state index < -0.39 is 17.3 Å². The normalized spacial score (nSPS) is 10.6. The van der Waals surface area contributed by atoms with Crippen molar-refractivity contribution < 1.29 is 9.53 Å². The smallest absolute Gasteiger partial charge is 0.404 e. The number of anilines is 2. The lowest BCUT2D eigenvalue weighted by Crippen LogP contribution is -2.35. The van der Waals surface area contributed by atoms with Crippen molar-refractivity contribution in [1.82, 2.24) is 9.55 Å². The van der Waals surface area contributed by atoms with Crippen LogP contribution in [-0.2, 0) is 11.3 Å². The largest absolute Gasteiger partial charge is 0.448 e. The molecule has 0 aromatic carbocycles. The number of aromatic nitrogens is 2. The van der Waals surface area contributed by atoms with Crippen molar-refractivity contribution in [3.05, 3.63) is 20.8 Å². The van der Waals surface area contributed by atoms with Crippen molar-refractivity contribution in [3.63, 3.8) is 0 Å². The Hall–Kier alpha value is -2.45. The van der Waals surface area contributed by atoms with Crippen LogP contribution in [0.1, 0.15) is 13.8 Å². The number of carbonyl (C=O) groups excluding carboxylic acids is 1. The number of carbonyl (C=O) groups is 1. The highest BCUT2D eigenvalue weighted by Gasteiger charge is 2.12. The predicted molar refractivity (Wildman–Crippen MR) is 74.6 cm³/mol. The SMILES string of the molecule is CC(C)Cn1c(N)c(NCCOC(N)=O)c(=O)[nH]c1=O. The van der Waals surface area contributed by atoms with Crippen LogP contribution in [-0.4, -0.2) is 28.8 Å². The fourth-order valence-corrected chi connectivity index (χ4v) is 1.63. The number of hydrogen-bond acceptors (Lipinski definition) is 6. The summed E-state index contributed by atoms with van der Waals surface area (Å²) in [7, 11) is 0. The van der Waals surface area contributed by atoms with Crippen LogP contribution in [0.15, 0.2) is 9.59 Å². The summed E-state index contributed by atoms with van der Waals surface area (Å²) in [5, 5.41) is 2.72. The van der Waals surface area contributed by atoms with E-state index in [1.165, 1.54) is 4.57 Å². The van der Waals surface area contributed by atoms with Crippen molar-refractivity contribution in [3.8, 4) is 0 Å². The summed E-state index contributed by atoms with van der Waals surface area (Å²) >= 11 is 0. The van der Waals surface area contributed by atoms with E-state index in [9.17, 15) is 14.4 Å². The lowest BCUT2D eigenvalue weighted by atomic mass is 10.2. The highest BCUT2D eigenvalue weighted by Crippen LogP contribution is 2.11. The lowest BCUT2D eigenvalue weighted by Gasteiger charge is -2.15. The van der Waals surface area contributed by atoms with E-state index >= 15 is 0 Å². The van der Waals surface area contributed by atoms with Gasteiger partial charge in [0.1, 0.15) is 18.1 Å². The third-order valence-corrected chi connectivity index (χ3v) is 2.44. The van der Waals surface area contributed by atoms with Gasteiger partial charge >= 0.3 is 11.8 Å². The van der Waals surface area contributed by atoms with E-state index in [0.717, 1.165) is 0 Å². The van der Waals surface area contributed by atoms with Gasteiger partial charge in [0.2, 0.25) is 0 Å². The third-order valence-electron chi connectivity index (χ3n) is 2.44. The van der Waals surface area contributed by atoms with Crippen LogP contribution in [0.2, 0.25) is 0 Å². The van der Waals surface area contributed by atoms with Gasteiger partial charge in [-0.1, -0.05) is 13.8 Å². The number of nitrogens with zero attached hydrogens (tertiary/aromatic N) is 1. The van der Waals surface area contributed by atoms with Crippen LogP contribution < -0.4 is 28.0 Å². The van der Waals surface area contributed by atoms with Crippen LogP contribution in [0.3, 0.4) is 0 Å². The Morgan fingerprint density at radius 3 is 2.65 bits per heavy atom. The number of H-pyrrole nitrogens is 1. The molecule has 0 bridgehead atoms. The number of nitrogens with one attached hydrogen (secondary N) is 2. The van der Waals surface area contributed by atoms with Gasteiger partial charge in [-0.05, 0) is 5.92 Å². The van der Waals surface area contributed by atoms with Crippen LogP contribution in [0.25, 0.3) is 0 Å². The topological polar surface area (TPSA) is 145 Å². The predicted octanol–water partition coefficient (Wildman–Crippen LogP) is -0.718. The summed E-state index contributed by atoms with van der Waals surface area (Å²) < 4.78 is 5.80. The molecule has 9 nitrogen and oxygen atoms in total. The molecule has 1 aromatic heterocycles. The summed E-state index contributed by atoms with van der Waals surface area (Å²) in [6.45, 7) is 4.36.